The van der Waals surface area contributed by atoms with Gasteiger partial charge >= 0.3 is 5.97 Å². The molecule has 1 aliphatic rings. The number of ether oxygens (including phenoxy) is 1. The van der Waals surface area contributed by atoms with E-state index in [2.05, 4.69) is 27.2 Å². The van der Waals surface area contributed by atoms with Gasteiger partial charge in [-0.2, -0.15) is 0 Å². The van der Waals surface area contributed by atoms with E-state index < -0.39 is 5.97 Å². The summed E-state index contributed by atoms with van der Waals surface area (Å²) in [5, 5.41) is 6.35. The van der Waals surface area contributed by atoms with Crippen LogP contribution in [-0.2, 0) is 9.53 Å². The van der Waals surface area contributed by atoms with E-state index in [0.717, 1.165) is 19.6 Å². The fraction of sp³-hybridized carbons (Fsp3) is 0.667. The van der Waals surface area contributed by atoms with Gasteiger partial charge in [-0.1, -0.05) is 5.92 Å². The van der Waals surface area contributed by atoms with Crippen molar-refractivity contribution >= 4 is 5.97 Å². The topological polar surface area (TPSA) is 50.4 Å². The molecule has 1 rings (SSSR count). The van der Waals surface area contributed by atoms with Crippen molar-refractivity contribution in [1.82, 2.24) is 10.6 Å². The van der Waals surface area contributed by atoms with Gasteiger partial charge in [0.15, 0.2) is 0 Å². The van der Waals surface area contributed by atoms with E-state index in [9.17, 15) is 4.79 Å². The van der Waals surface area contributed by atoms with Crippen molar-refractivity contribution in [2.24, 2.45) is 0 Å². The Kier molecular flexibility index (Phi) is 4.30. The molecule has 0 aromatic heterocycles. The molecular formula is C9H14N2O2. The largest absolute Gasteiger partial charge is 0.456 e. The van der Waals surface area contributed by atoms with Crippen molar-refractivity contribution in [1.29, 1.82) is 0 Å². The van der Waals surface area contributed by atoms with Crippen LogP contribution >= 0.6 is 0 Å². The van der Waals surface area contributed by atoms with Crippen LogP contribution in [0.15, 0.2) is 0 Å². The molecule has 0 aliphatic carbocycles. The van der Waals surface area contributed by atoms with Gasteiger partial charge in [0.1, 0.15) is 0 Å². The SMILES string of the molecule is CCOC(=O)C#CC1CNCCN1. The smallest absolute Gasteiger partial charge is 0.384 e. The van der Waals surface area contributed by atoms with E-state index in [1.165, 1.54) is 0 Å². The molecule has 13 heavy (non-hydrogen) atoms. The van der Waals surface area contributed by atoms with Crippen molar-refractivity contribution in [3.05, 3.63) is 0 Å². The van der Waals surface area contributed by atoms with Gasteiger partial charge in [-0.05, 0) is 6.92 Å². The van der Waals surface area contributed by atoms with E-state index in [4.69, 9.17) is 0 Å². The number of hydrogen-bond donors (Lipinski definition) is 2. The Morgan fingerprint density at radius 1 is 1.62 bits per heavy atom. The highest BCUT2D eigenvalue weighted by molar-refractivity contribution is 5.88. The van der Waals surface area contributed by atoms with Gasteiger partial charge in [0.25, 0.3) is 0 Å². The van der Waals surface area contributed by atoms with E-state index in [0.29, 0.717) is 6.61 Å². The zero-order chi connectivity index (χ0) is 9.52. The first kappa shape index (κ1) is 10.0. The molecule has 0 radical (unpaired) electrons. The zero-order valence-corrected chi connectivity index (χ0v) is 7.72. The summed E-state index contributed by atoms with van der Waals surface area (Å²) in [5.41, 5.74) is 0. The molecule has 0 amide bonds. The van der Waals surface area contributed by atoms with Crippen LogP contribution in [0.1, 0.15) is 6.92 Å². The second-order valence-corrected chi connectivity index (χ2v) is 2.70. The summed E-state index contributed by atoms with van der Waals surface area (Å²) in [6.07, 6.45) is 0. The Morgan fingerprint density at radius 3 is 3.08 bits per heavy atom. The highest BCUT2D eigenvalue weighted by atomic mass is 16.5. The van der Waals surface area contributed by atoms with Gasteiger partial charge in [-0.25, -0.2) is 4.79 Å². The molecule has 4 heteroatoms. The van der Waals surface area contributed by atoms with Crippen LogP contribution in [0, 0.1) is 11.8 Å². The third kappa shape index (κ3) is 3.92. The fourth-order valence-corrected chi connectivity index (χ4v) is 1.07. The average molecular weight is 182 g/mol. The summed E-state index contributed by atoms with van der Waals surface area (Å²) in [4.78, 5) is 10.8. The Balaban J connectivity index is 2.31. The molecule has 0 bridgehead atoms. The van der Waals surface area contributed by atoms with Crippen LogP contribution < -0.4 is 10.6 Å². The maximum atomic E-state index is 10.8. The summed E-state index contributed by atoms with van der Waals surface area (Å²) in [5.74, 6) is 4.80. The Morgan fingerprint density at radius 2 is 2.46 bits per heavy atom. The third-order valence-electron chi connectivity index (χ3n) is 1.66. The lowest BCUT2D eigenvalue weighted by atomic mass is 10.2. The predicted molar refractivity (Wildman–Crippen MR) is 49.1 cm³/mol. The number of piperazine rings is 1. The second kappa shape index (κ2) is 5.57. The second-order valence-electron chi connectivity index (χ2n) is 2.70. The third-order valence-corrected chi connectivity index (χ3v) is 1.66. The summed E-state index contributed by atoms with van der Waals surface area (Å²) in [7, 11) is 0. The molecule has 0 saturated carbocycles. The Hall–Kier alpha value is -1.05. The number of nitrogens with one attached hydrogen (secondary N) is 2. The van der Waals surface area contributed by atoms with Crippen molar-refractivity contribution in [3.8, 4) is 11.8 Å². The molecule has 4 nitrogen and oxygen atoms in total. The lowest BCUT2D eigenvalue weighted by Gasteiger charge is -2.19. The Labute approximate surface area is 78.0 Å². The normalized spacial score (nSPS) is 21.5. The molecule has 72 valence electrons. The lowest BCUT2D eigenvalue weighted by molar-refractivity contribution is -0.136. The van der Waals surface area contributed by atoms with E-state index >= 15 is 0 Å². The summed E-state index contributed by atoms with van der Waals surface area (Å²) in [6, 6.07) is 0.0677. The first-order chi connectivity index (χ1) is 6.33. The molecule has 0 aromatic rings. The maximum Gasteiger partial charge on any atom is 0.384 e. The van der Waals surface area contributed by atoms with E-state index in [-0.39, 0.29) is 6.04 Å². The number of esters is 1. The van der Waals surface area contributed by atoms with Crippen LogP contribution in [0.3, 0.4) is 0 Å². The molecule has 1 heterocycles. The number of hydrogen-bond acceptors (Lipinski definition) is 4. The van der Waals surface area contributed by atoms with Crippen LogP contribution in [-0.4, -0.2) is 38.3 Å². The zero-order valence-electron chi connectivity index (χ0n) is 7.72. The highest BCUT2D eigenvalue weighted by Crippen LogP contribution is 1.84. The number of rotatable bonds is 1. The summed E-state index contributed by atoms with van der Waals surface area (Å²) in [6.45, 7) is 4.77. The molecular weight excluding hydrogens is 168 g/mol. The average Bonchev–Trinajstić information content (AvgIpc) is 2.17. The van der Waals surface area contributed by atoms with Gasteiger partial charge in [-0.3, -0.25) is 0 Å². The summed E-state index contributed by atoms with van der Waals surface area (Å²) >= 11 is 0. The minimum absolute atomic E-state index is 0.0677. The van der Waals surface area contributed by atoms with Gasteiger partial charge in [-0.15, -0.1) is 0 Å². The molecule has 0 spiro atoms. The van der Waals surface area contributed by atoms with Gasteiger partial charge in [0.2, 0.25) is 0 Å². The monoisotopic (exact) mass is 182 g/mol. The standard InChI is InChI=1S/C9H14N2O2/c1-2-13-9(12)4-3-8-7-10-5-6-11-8/h8,10-11H,2,5-7H2,1H3. The summed E-state index contributed by atoms with van der Waals surface area (Å²) < 4.78 is 4.67. The van der Waals surface area contributed by atoms with Crippen LogP contribution in [0.5, 0.6) is 0 Å². The lowest BCUT2D eigenvalue weighted by Crippen LogP contribution is -2.47. The minimum atomic E-state index is -0.449. The molecule has 0 aromatic carbocycles. The van der Waals surface area contributed by atoms with E-state index in [1.54, 1.807) is 6.92 Å². The van der Waals surface area contributed by atoms with Crippen molar-refractivity contribution < 1.29 is 9.53 Å². The first-order valence-corrected chi connectivity index (χ1v) is 4.45. The van der Waals surface area contributed by atoms with Gasteiger partial charge in [0, 0.05) is 25.6 Å². The number of carbonyl (C=O) groups is 1. The van der Waals surface area contributed by atoms with Gasteiger partial charge in [0.05, 0.1) is 12.6 Å². The molecule has 2 N–H and O–H groups in total. The van der Waals surface area contributed by atoms with Crippen molar-refractivity contribution in [2.45, 2.75) is 13.0 Å². The van der Waals surface area contributed by atoms with Crippen LogP contribution in [0.4, 0.5) is 0 Å². The van der Waals surface area contributed by atoms with Crippen LogP contribution in [0.25, 0.3) is 0 Å². The quantitative estimate of drug-likeness (QED) is 0.314. The minimum Gasteiger partial charge on any atom is -0.456 e. The molecule has 1 fully saturated rings. The predicted octanol–water partition coefficient (Wildman–Crippen LogP) is -0.886. The first-order valence-electron chi connectivity index (χ1n) is 4.45. The molecule has 1 saturated heterocycles. The molecule has 1 aliphatic heterocycles. The van der Waals surface area contributed by atoms with Gasteiger partial charge < -0.3 is 15.4 Å². The van der Waals surface area contributed by atoms with Crippen LogP contribution in [0.2, 0.25) is 0 Å². The van der Waals surface area contributed by atoms with Crippen molar-refractivity contribution in [2.75, 3.05) is 26.2 Å². The molecule has 1 atom stereocenters. The highest BCUT2D eigenvalue weighted by Gasteiger charge is 2.08. The Bertz CT molecular complexity index is 224. The fourth-order valence-electron chi connectivity index (χ4n) is 1.07. The molecule has 1 unspecified atom stereocenters. The maximum absolute atomic E-state index is 10.8. The van der Waals surface area contributed by atoms with Crippen molar-refractivity contribution in [3.63, 3.8) is 0 Å². The van der Waals surface area contributed by atoms with E-state index in [1.807, 2.05) is 0 Å². The number of carbonyl (C=O) groups excluding carboxylic acids is 1.